The average molecular weight is 295 g/mol. The minimum absolute atomic E-state index is 0.0228. The van der Waals surface area contributed by atoms with E-state index in [1.54, 1.807) is 0 Å². The third-order valence-corrected chi connectivity index (χ3v) is 5.81. The second-order valence-corrected chi connectivity index (χ2v) is 7.07. The molecule has 4 heteroatoms. The van der Waals surface area contributed by atoms with E-state index in [1.165, 1.54) is 45.6 Å². The second kappa shape index (κ2) is 6.66. The molecule has 21 heavy (non-hydrogen) atoms. The summed E-state index contributed by atoms with van der Waals surface area (Å²) in [5, 5.41) is 0. The number of carbonyl (C=O) groups excluding carboxylic acids is 1. The molecule has 3 fully saturated rings. The third-order valence-electron chi connectivity index (χ3n) is 5.81. The van der Waals surface area contributed by atoms with Crippen molar-refractivity contribution < 1.29 is 14.3 Å². The zero-order chi connectivity index (χ0) is 14.7. The first-order valence-electron chi connectivity index (χ1n) is 8.68. The predicted octanol–water partition coefficient (Wildman–Crippen LogP) is 2.75. The van der Waals surface area contributed by atoms with Crippen LogP contribution in [0.4, 0.5) is 0 Å². The highest BCUT2D eigenvalue weighted by Crippen LogP contribution is 2.40. The number of esters is 1. The van der Waals surface area contributed by atoms with Gasteiger partial charge in [0.05, 0.1) is 18.6 Å². The number of piperidine rings is 1. The summed E-state index contributed by atoms with van der Waals surface area (Å²) in [4.78, 5) is 14.2. The van der Waals surface area contributed by atoms with Crippen LogP contribution in [0.25, 0.3) is 0 Å². The highest BCUT2D eigenvalue weighted by Gasteiger charge is 2.41. The largest absolute Gasteiger partial charge is 0.469 e. The summed E-state index contributed by atoms with van der Waals surface area (Å²) >= 11 is 0. The summed E-state index contributed by atoms with van der Waals surface area (Å²) in [6.45, 7) is 3.00. The van der Waals surface area contributed by atoms with Crippen molar-refractivity contribution in [3.63, 3.8) is 0 Å². The Balaban J connectivity index is 1.54. The highest BCUT2D eigenvalue weighted by molar-refractivity contribution is 5.72. The molecule has 2 aliphatic heterocycles. The van der Waals surface area contributed by atoms with Crippen LogP contribution < -0.4 is 0 Å². The Morgan fingerprint density at radius 3 is 2.52 bits per heavy atom. The minimum atomic E-state index is -0.0228. The molecular weight excluding hydrogens is 266 g/mol. The van der Waals surface area contributed by atoms with E-state index in [2.05, 4.69) is 4.90 Å². The topological polar surface area (TPSA) is 38.8 Å². The van der Waals surface area contributed by atoms with E-state index in [0.29, 0.717) is 6.04 Å². The number of nitrogens with zero attached hydrogens (tertiary/aromatic N) is 1. The molecule has 0 aromatic heterocycles. The molecule has 1 spiro atoms. The Bertz CT molecular complexity index is 352. The summed E-state index contributed by atoms with van der Waals surface area (Å²) in [5.41, 5.74) is 0.181. The lowest BCUT2D eigenvalue weighted by molar-refractivity contribution is -0.149. The Kier molecular flexibility index (Phi) is 4.85. The molecule has 0 N–H and O–H groups in total. The standard InChI is InChI=1S/C17H29NO3/c1-20-16(19)14-5-10-18(11-6-14)15-7-12-21-17(13-15)8-3-2-4-9-17/h14-15H,2-13H2,1H3. The highest BCUT2D eigenvalue weighted by atomic mass is 16.5. The second-order valence-electron chi connectivity index (χ2n) is 7.07. The smallest absolute Gasteiger partial charge is 0.308 e. The zero-order valence-electron chi connectivity index (χ0n) is 13.3. The van der Waals surface area contributed by atoms with Crippen molar-refractivity contribution in [1.82, 2.24) is 4.90 Å². The van der Waals surface area contributed by atoms with Gasteiger partial charge in [-0.3, -0.25) is 4.79 Å². The number of hydrogen-bond acceptors (Lipinski definition) is 4. The lowest BCUT2D eigenvalue weighted by atomic mass is 9.77. The summed E-state index contributed by atoms with van der Waals surface area (Å²) in [6, 6.07) is 0.662. The lowest BCUT2D eigenvalue weighted by Gasteiger charge is -2.47. The van der Waals surface area contributed by atoms with Gasteiger partial charge in [-0.25, -0.2) is 0 Å². The van der Waals surface area contributed by atoms with Gasteiger partial charge in [0.2, 0.25) is 0 Å². The predicted molar refractivity (Wildman–Crippen MR) is 81.1 cm³/mol. The van der Waals surface area contributed by atoms with Crippen molar-refractivity contribution in [3.8, 4) is 0 Å². The molecule has 0 amide bonds. The zero-order valence-corrected chi connectivity index (χ0v) is 13.3. The normalized spacial score (nSPS) is 31.2. The SMILES string of the molecule is COC(=O)C1CCN(C2CCOC3(CCCCC3)C2)CC1. The minimum Gasteiger partial charge on any atom is -0.469 e. The molecule has 120 valence electrons. The Morgan fingerprint density at radius 2 is 1.86 bits per heavy atom. The molecule has 0 radical (unpaired) electrons. The monoisotopic (exact) mass is 295 g/mol. The van der Waals surface area contributed by atoms with Gasteiger partial charge in [-0.1, -0.05) is 19.3 Å². The van der Waals surface area contributed by atoms with Gasteiger partial charge in [0.1, 0.15) is 0 Å². The molecule has 1 aliphatic carbocycles. The van der Waals surface area contributed by atoms with Crippen molar-refractivity contribution in [2.75, 3.05) is 26.8 Å². The maximum atomic E-state index is 11.6. The molecule has 0 aromatic carbocycles. The van der Waals surface area contributed by atoms with Crippen molar-refractivity contribution in [1.29, 1.82) is 0 Å². The van der Waals surface area contributed by atoms with E-state index in [-0.39, 0.29) is 17.5 Å². The average Bonchev–Trinajstić information content (AvgIpc) is 2.55. The molecule has 4 nitrogen and oxygen atoms in total. The van der Waals surface area contributed by atoms with Crippen LogP contribution in [-0.2, 0) is 14.3 Å². The molecule has 2 saturated heterocycles. The quantitative estimate of drug-likeness (QED) is 0.734. The van der Waals surface area contributed by atoms with Gasteiger partial charge < -0.3 is 14.4 Å². The summed E-state index contributed by atoms with van der Waals surface area (Å²) in [7, 11) is 1.50. The van der Waals surface area contributed by atoms with Gasteiger partial charge in [-0.05, 0) is 51.6 Å². The van der Waals surface area contributed by atoms with Gasteiger partial charge in [0, 0.05) is 12.6 Å². The van der Waals surface area contributed by atoms with Crippen LogP contribution in [0.2, 0.25) is 0 Å². The Labute approximate surface area is 128 Å². The Morgan fingerprint density at radius 1 is 1.14 bits per heavy atom. The van der Waals surface area contributed by atoms with Crippen LogP contribution in [0, 0.1) is 5.92 Å². The maximum absolute atomic E-state index is 11.6. The molecule has 2 heterocycles. The van der Waals surface area contributed by atoms with E-state index >= 15 is 0 Å². The number of carbonyl (C=O) groups is 1. The summed E-state index contributed by atoms with van der Waals surface area (Å²) in [6.07, 6.45) is 10.8. The van der Waals surface area contributed by atoms with E-state index in [0.717, 1.165) is 39.0 Å². The molecule has 0 bridgehead atoms. The molecule has 1 atom stereocenters. The van der Waals surface area contributed by atoms with Gasteiger partial charge in [-0.2, -0.15) is 0 Å². The molecule has 3 aliphatic rings. The van der Waals surface area contributed by atoms with E-state index in [4.69, 9.17) is 9.47 Å². The third kappa shape index (κ3) is 3.42. The first-order valence-corrected chi connectivity index (χ1v) is 8.68. The van der Waals surface area contributed by atoms with Crippen LogP contribution in [0.5, 0.6) is 0 Å². The summed E-state index contributed by atoms with van der Waals surface area (Å²) in [5.74, 6) is 0.0973. The first kappa shape index (κ1) is 15.3. The van der Waals surface area contributed by atoms with Crippen molar-refractivity contribution >= 4 is 5.97 Å². The molecule has 1 saturated carbocycles. The van der Waals surface area contributed by atoms with Crippen LogP contribution >= 0.6 is 0 Å². The van der Waals surface area contributed by atoms with E-state index < -0.39 is 0 Å². The van der Waals surface area contributed by atoms with Crippen LogP contribution in [-0.4, -0.2) is 49.3 Å². The number of methoxy groups -OCH3 is 1. The van der Waals surface area contributed by atoms with Crippen LogP contribution in [0.15, 0.2) is 0 Å². The molecule has 0 aromatic rings. The number of rotatable bonds is 2. The number of hydrogen-bond donors (Lipinski definition) is 0. The number of ether oxygens (including phenoxy) is 2. The fraction of sp³-hybridized carbons (Fsp3) is 0.941. The van der Waals surface area contributed by atoms with Crippen molar-refractivity contribution in [3.05, 3.63) is 0 Å². The van der Waals surface area contributed by atoms with E-state index in [1.807, 2.05) is 0 Å². The van der Waals surface area contributed by atoms with E-state index in [9.17, 15) is 4.79 Å². The van der Waals surface area contributed by atoms with Gasteiger partial charge in [0.25, 0.3) is 0 Å². The fourth-order valence-electron chi connectivity index (χ4n) is 4.53. The van der Waals surface area contributed by atoms with Gasteiger partial charge in [0.15, 0.2) is 0 Å². The van der Waals surface area contributed by atoms with Gasteiger partial charge >= 0.3 is 5.97 Å². The summed E-state index contributed by atoms with van der Waals surface area (Å²) < 4.78 is 11.1. The number of likely N-dealkylation sites (tertiary alicyclic amines) is 1. The van der Waals surface area contributed by atoms with Crippen LogP contribution in [0.1, 0.15) is 57.8 Å². The van der Waals surface area contributed by atoms with Gasteiger partial charge in [-0.15, -0.1) is 0 Å². The first-order chi connectivity index (χ1) is 10.2. The fourth-order valence-corrected chi connectivity index (χ4v) is 4.53. The Hall–Kier alpha value is -0.610. The van der Waals surface area contributed by atoms with Crippen LogP contribution in [0.3, 0.4) is 0 Å². The molecule has 1 unspecified atom stereocenters. The molecule has 3 rings (SSSR count). The lowest BCUT2D eigenvalue weighted by Crippen LogP contribution is -2.51. The van der Waals surface area contributed by atoms with Crippen molar-refractivity contribution in [2.24, 2.45) is 5.92 Å². The molecular formula is C17H29NO3. The van der Waals surface area contributed by atoms with Crippen molar-refractivity contribution in [2.45, 2.75) is 69.4 Å². The maximum Gasteiger partial charge on any atom is 0.308 e.